The van der Waals surface area contributed by atoms with Crippen LogP contribution in [0.1, 0.15) is 42.6 Å². The lowest BCUT2D eigenvalue weighted by Crippen LogP contribution is -2.66. The van der Waals surface area contributed by atoms with Crippen LogP contribution in [0.3, 0.4) is 0 Å². The van der Waals surface area contributed by atoms with E-state index in [2.05, 4.69) is 0 Å². The number of aryl methyl sites for hydroxylation is 1. The van der Waals surface area contributed by atoms with Crippen molar-refractivity contribution in [1.29, 1.82) is 0 Å². The molecular formula is C25H21ClF4N2O3. The molecule has 2 aliphatic rings. The lowest BCUT2D eigenvalue weighted by atomic mass is 9.72. The molecule has 0 radical (unpaired) electrons. The molecule has 2 aromatic carbocycles. The van der Waals surface area contributed by atoms with Crippen molar-refractivity contribution in [1.82, 2.24) is 5.32 Å². The Morgan fingerprint density at radius 3 is 2.34 bits per heavy atom. The molecule has 1 heterocycles. The van der Waals surface area contributed by atoms with Gasteiger partial charge in [0.15, 0.2) is 5.78 Å². The van der Waals surface area contributed by atoms with E-state index in [1.54, 1.807) is 19.9 Å². The summed E-state index contributed by atoms with van der Waals surface area (Å²) in [6, 6.07) is 8.99. The Hall–Kier alpha value is -3.20. The van der Waals surface area contributed by atoms with Crippen LogP contribution in [-0.4, -0.2) is 29.3 Å². The van der Waals surface area contributed by atoms with E-state index >= 15 is 0 Å². The number of carbonyl (C=O) groups excluding carboxylic acids is 3. The van der Waals surface area contributed by atoms with Crippen LogP contribution in [0, 0.1) is 18.2 Å². The van der Waals surface area contributed by atoms with Gasteiger partial charge >= 0.3 is 6.18 Å². The van der Waals surface area contributed by atoms with Crippen LogP contribution in [0.25, 0.3) is 0 Å². The molecule has 0 bridgehead atoms. The van der Waals surface area contributed by atoms with E-state index < -0.39 is 51.1 Å². The first-order chi connectivity index (χ1) is 16.2. The highest BCUT2D eigenvalue weighted by Crippen LogP contribution is 2.53. The number of rotatable bonds is 3. The van der Waals surface area contributed by atoms with Gasteiger partial charge in [0.2, 0.25) is 5.54 Å². The minimum absolute atomic E-state index is 0.0626. The summed E-state index contributed by atoms with van der Waals surface area (Å²) in [7, 11) is 0. The number of Topliss-reactive ketones (excluding diaryl/α,β-unsaturated/α-hetero) is 1. The van der Waals surface area contributed by atoms with Gasteiger partial charge in [-0.3, -0.25) is 19.3 Å². The molecule has 2 amide bonds. The predicted molar refractivity (Wildman–Crippen MR) is 121 cm³/mol. The smallest absolute Gasteiger partial charge is 0.326 e. The van der Waals surface area contributed by atoms with Crippen molar-refractivity contribution >= 4 is 34.9 Å². The summed E-state index contributed by atoms with van der Waals surface area (Å²) in [5.41, 5.74) is -5.22. The second-order valence-corrected chi connectivity index (χ2v) is 9.93. The first kappa shape index (κ1) is 24.9. The van der Waals surface area contributed by atoms with Gasteiger partial charge in [-0.25, -0.2) is 4.39 Å². The second-order valence-electron chi connectivity index (χ2n) is 9.52. The fraction of sp³-hybridized carbons (Fsp3) is 0.320. The molecule has 5 nitrogen and oxygen atoms in total. The molecule has 1 N–H and O–H groups in total. The number of anilines is 1. The molecule has 0 saturated heterocycles. The van der Waals surface area contributed by atoms with E-state index in [-0.39, 0.29) is 29.8 Å². The van der Waals surface area contributed by atoms with Crippen molar-refractivity contribution in [2.24, 2.45) is 5.41 Å². The van der Waals surface area contributed by atoms with E-state index in [0.29, 0.717) is 5.56 Å². The largest absolute Gasteiger partial charge is 0.425 e. The Morgan fingerprint density at radius 1 is 1.09 bits per heavy atom. The van der Waals surface area contributed by atoms with Gasteiger partial charge in [-0.05, 0) is 48.6 Å². The van der Waals surface area contributed by atoms with Crippen molar-refractivity contribution in [2.45, 2.75) is 45.3 Å². The van der Waals surface area contributed by atoms with E-state index in [1.165, 1.54) is 25.1 Å². The minimum atomic E-state index is -5.36. The molecule has 0 aromatic heterocycles. The minimum Gasteiger partial charge on any atom is -0.326 e. The Morgan fingerprint density at radius 2 is 1.74 bits per heavy atom. The number of ketones is 1. The molecule has 1 aliphatic heterocycles. The molecule has 0 fully saturated rings. The van der Waals surface area contributed by atoms with Gasteiger partial charge in [-0.15, -0.1) is 0 Å². The number of benzene rings is 2. The number of hydrogen-bond acceptors (Lipinski definition) is 3. The number of hydrogen-bond donors (Lipinski definition) is 1. The predicted octanol–water partition coefficient (Wildman–Crippen LogP) is 5.51. The Balaban J connectivity index is 1.97. The number of alkyl halides is 3. The first-order valence-corrected chi connectivity index (χ1v) is 11.1. The van der Waals surface area contributed by atoms with Gasteiger partial charge in [0.05, 0.1) is 16.3 Å². The maximum absolute atomic E-state index is 14.9. The van der Waals surface area contributed by atoms with Crippen molar-refractivity contribution in [3.05, 3.63) is 75.7 Å². The number of halogens is 5. The summed E-state index contributed by atoms with van der Waals surface area (Å²) >= 11 is 5.85. The third-order valence-corrected chi connectivity index (χ3v) is 6.59. The quantitative estimate of drug-likeness (QED) is 0.556. The fourth-order valence-electron chi connectivity index (χ4n) is 4.71. The maximum Gasteiger partial charge on any atom is 0.425 e. The molecule has 0 spiro atoms. The lowest BCUT2D eigenvalue weighted by molar-refractivity contribution is -0.186. The van der Waals surface area contributed by atoms with Gasteiger partial charge in [-0.2, -0.15) is 13.2 Å². The fourth-order valence-corrected chi connectivity index (χ4v) is 4.89. The van der Waals surface area contributed by atoms with E-state index in [4.69, 9.17) is 11.6 Å². The molecule has 1 aliphatic carbocycles. The third kappa shape index (κ3) is 3.91. The average molecular weight is 509 g/mol. The van der Waals surface area contributed by atoms with Crippen LogP contribution in [0.15, 0.2) is 53.7 Å². The van der Waals surface area contributed by atoms with Crippen molar-refractivity contribution in [3.63, 3.8) is 0 Å². The van der Waals surface area contributed by atoms with Crippen LogP contribution in [0.2, 0.25) is 5.02 Å². The summed E-state index contributed by atoms with van der Waals surface area (Å²) in [5.74, 6) is -4.46. The lowest BCUT2D eigenvalue weighted by Gasteiger charge is -2.35. The summed E-state index contributed by atoms with van der Waals surface area (Å²) in [6.07, 6.45) is -5.68. The van der Waals surface area contributed by atoms with Crippen molar-refractivity contribution < 1.29 is 31.9 Å². The number of nitrogens with one attached hydrogen (secondary N) is 1. The zero-order valence-corrected chi connectivity index (χ0v) is 19.8. The van der Waals surface area contributed by atoms with Crippen LogP contribution in [0.5, 0.6) is 0 Å². The van der Waals surface area contributed by atoms with E-state index in [1.807, 2.05) is 5.32 Å². The summed E-state index contributed by atoms with van der Waals surface area (Å²) in [6.45, 7) is 4.92. The number of carbonyl (C=O) groups is 3. The second kappa shape index (κ2) is 8.19. The number of amides is 2. The van der Waals surface area contributed by atoms with Crippen LogP contribution < -0.4 is 10.2 Å². The molecule has 1 atom stereocenters. The first-order valence-electron chi connectivity index (χ1n) is 10.7. The molecule has 4 rings (SSSR count). The topological polar surface area (TPSA) is 66.5 Å². The molecule has 2 aromatic rings. The zero-order chi connectivity index (χ0) is 25.9. The van der Waals surface area contributed by atoms with Crippen LogP contribution in [-0.2, 0) is 9.59 Å². The highest BCUT2D eigenvalue weighted by Gasteiger charge is 2.72. The molecule has 184 valence electrons. The third-order valence-electron chi connectivity index (χ3n) is 6.30. The zero-order valence-electron chi connectivity index (χ0n) is 19.0. The standard InChI is InChI=1S/C25H21ClF4N2O3/c1-13-6-4-5-7-15(13)21(34)31-24(25(28,29)30)20-18(11-23(2,3)12-19(20)33)32(22(24)35)14-8-9-17(27)16(26)10-14/h4-10H,11-12H2,1-3H3,(H,31,34). The van der Waals surface area contributed by atoms with Crippen LogP contribution >= 0.6 is 11.6 Å². The maximum atomic E-state index is 14.9. The number of nitrogens with zero attached hydrogens (tertiary/aromatic N) is 1. The molecule has 35 heavy (non-hydrogen) atoms. The van der Waals surface area contributed by atoms with Gasteiger partial charge in [0, 0.05) is 17.7 Å². The molecule has 10 heteroatoms. The Kier molecular flexibility index (Phi) is 5.83. The summed E-state index contributed by atoms with van der Waals surface area (Å²) in [4.78, 5) is 40.7. The highest BCUT2D eigenvalue weighted by atomic mass is 35.5. The monoisotopic (exact) mass is 508 g/mol. The van der Waals surface area contributed by atoms with Crippen LogP contribution in [0.4, 0.5) is 23.2 Å². The molecular weight excluding hydrogens is 488 g/mol. The van der Waals surface area contributed by atoms with Crippen molar-refractivity contribution in [3.8, 4) is 0 Å². The summed E-state index contributed by atoms with van der Waals surface area (Å²) < 4.78 is 58.4. The van der Waals surface area contributed by atoms with E-state index in [0.717, 1.165) is 23.1 Å². The SMILES string of the molecule is Cc1ccccc1C(=O)NC1(C(F)(F)F)C(=O)N(c2ccc(F)c(Cl)c2)C2=C1C(=O)CC(C)(C)C2. The highest BCUT2D eigenvalue weighted by molar-refractivity contribution is 6.31. The molecule has 1 unspecified atom stereocenters. The van der Waals surface area contributed by atoms with Gasteiger partial charge in [0.25, 0.3) is 11.8 Å². The Labute approximate surface area is 203 Å². The number of allylic oxidation sites excluding steroid dienone is 1. The normalized spacial score (nSPS) is 21.9. The average Bonchev–Trinajstić information content (AvgIpc) is 2.98. The van der Waals surface area contributed by atoms with Gasteiger partial charge in [0.1, 0.15) is 5.82 Å². The summed E-state index contributed by atoms with van der Waals surface area (Å²) in [5, 5.41) is 1.47. The van der Waals surface area contributed by atoms with Gasteiger partial charge in [-0.1, -0.05) is 43.6 Å². The van der Waals surface area contributed by atoms with Crippen molar-refractivity contribution in [2.75, 3.05) is 4.90 Å². The molecule has 0 saturated carbocycles. The van der Waals surface area contributed by atoms with Gasteiger partial charge < -0.3 is 5.32 Å². The van der Waals surface area contributed by atoms with E-state index in [9.17, 15) is 31.9 Å². The Bertz CT molecular complexity index is 1300.